The van der Waals surface area contributed by atoms with Gasteiger partial charge in [0.1, 0.15) is 0 Å². The first-order valence-corrected chi connectivity index (χ1v) is 6.14. The molecule has 0 amide bonds. The van der Waals surface area contributed by atoms with Crippen molar-refractivity contribution in [2.75, 3.05) is 5.75 Å². The fourth-order valence-electron chi connectivity index (χ4n) is 1.32. The van der Waals surface area contributed by atoms with E-state index in [1.54, 1.807) is 0 Å². The predicted molar refractivity (Wildman–Crippen MR) is 63.8 cm³/mol. The highest BCUT2D eigenvalue weighted by Crippen LogP contribution is 2.21. The molecule has 0 fully saturated rings. The Kier molecular flexibility index (Phi) is 3.45. The van der Waals surface area contributed by atoms with Gasteiger partial charge in [-0.2, -0.15) is 11.8 Å². The average molecular weight is 219 g/mol. The van der Waals surface area contributed by atoms with Crippen molar-refractivity contribution in [2.45, 2.75) is 12.7 Å². The van der Waals surface area contributed by atoms with Crippen LogP contribution in [0.15, 0.2) is 40.9 Å². The van der Waals surface area contributed by atoms with Gasteiger partial charge >= 0.3 is 0 Å². The Bertz CT molecular complexity index is 411. The molecule has 0 atom stereocenters. The second kappa shape index (κ2) is 5.03. The quantitative estimate of drug-likeness (QED) is 0.786. The van der Waals surface area contributed by atoms with E-state index in [-0.39, 0.29) is 0 Å². The Hall–Kier alpha value is -1.22. The van der Waals surface area contributed by atoms with Crippen LogP contribution >= 0.6 is 11.8 Å². The number of benzene rings is 1. The van der Waals surface area contributed by atoms with Gasteiger partial charge in [0, 0.05) is 17.4 Å². The smallest absolute Gasteiger partial charge is 0.167 e. The summed E-state index contributed by atoms with van der Waals surface area (Å²) in [6.07, 6.45) is 0. The fraction of sp³-hybridized carbons (Fsp3) is 0.250. The molecule has 0 unspecified atom stereocenters. The molecule has 3 heteroatoms. The highest BCUT2D eigenvalue weighted by atomic mass is 32.2. The van der Waals surface area contributed by atoms with Crippen LogP contribution in [0.25, 0.3) is 11.3 Å². The third-order valence-electron chi connectivity index (χ3n) is 2.07. The molecule has 1 aromatic carbocycles. The number of aromatic nitrogens is 1. The Morgan fingerprint density at radius 3 is 2.80 bits per heavy atom. The summed E-state index contributed by atoms with van der Waals surface area (Å²) in [5.74, 6) is 2.88. The zero-order chi connectivity index (χ0) is 10.5. The molecule has 1 aromatic heterocycles. The molecule has 0 saturated carbocycles. The van der Waals surface area contributed by atoms with Crippen molar-refractivity contribution in [1.82, 2.24) is 5.16 Å². The standard InChI is InChI=1S/C12H13NOS/c1-2-15-9-11-8-12(14-13-11)10-6-4-3-5-7-10/h3-8H,2,9H2,1H3. The lowest BCUT2D eigenvalue weighted by molar-refractivity contribution is 0.426. The first-order chi connectivity index (χ1) is 7.40. The normalized spacial score (nSPS) is 10.5. The van der Waals surface area contributed by atoms with E-state index in [0.717, 1.165) is 28.5 Å². The van der Waals surface area contributed by atoms with Gasteiger partial charge in [0.15, 0.2) is 5.76 Å². The topological polar surface area (TPSA) is 26.0 Å². The van der Waals surface area contributed by atoms with E-state index < -0.39 is 0 Å². The van der Waals surface area contributed by atoms with Crippen molar-refractivity contribution < 1.29 is 4.52 Å². The van der Waals surface area contributed by atoms with Gasteiger partial charge < -0.3 is 4.52 Å². The van der Waals surface area contributed by atoms with Gasteiger partial charge in [-0.3, -0.25) is 0 Å². The van der Waals surface area contributed by atoms with Gasteiger partial charge in [-0.1, -0.05) is 42.4 Å². The summed E-state index contributed by atoms with van der Waals surface area (Å²) >= 11 is 1.85. The van der Waals surface area contributed by atoms with Gasteiger partial charge in [-0.25, -0.2) is 0 Å². The third kappa shape index (κ3) is 2.63. The van der Waals surface area contributed by atoms with E-state index in [1.165, 1.54) is 0 Å². The monoisotopic (exact) mass is 219 g/mol. The van der Waals surface area contributed by atoms with Gasteiger partial charge in [0.2, 0.25) is 0 Å². The van der Waals surface area contributed by atoms with Gasteiger partial charge in [0.05, 0.1) is 5.69 Å². The van der Waals surface area contributed by atoms with Crippen molar-refractivity contribution in [2.24, 2.45) is 0 Å². The minimum Gasteiger partial charge on any atom is -0.356 e. The lowest BCUT2D eigenvalue weighted by Crippen LogP contribution is -1.78. The van der Waals surface area contributed by atoms with Crippen LogP contribution in [0.5, 0.6) is 0 Å². The van der Waals surface area contributed by atoms with Gasteiger partial charge in [-0.15, -0.1) is 0 Å². The number of nitrogens with zero attached hydrogens (tertiary/aromatic N) is 1. The van der Waals surface area contributed by atoms with Crippen LogP contribution in [0.4, 0.5) is 0 Å². The summed E-state index contributed by atoms with van der Waals surface area (Å²) in [5, 5.41) is 4.03. The van der Waals surface area contributed by atoms with Crippen LogP contribution in [-0.4, -0.2) is 10.9 Å². The number of rotatable bonds is 4. The maximum Gasteiger partial charge on any atom is 0.167 e. The highest BCUT2D eigenvalue weighted by Gasteiger charge is 2.05. The predicted octanol–water partition coefficient (Wildman–Crippen LogP) is 3.59. The zero-order valence-corrected chi connectivity index (χ0v) is 9.46. The van der Waals surface area contributed by atoms with Crippen LogP contribution in [0.1, 0.15) is 12.6 Å². The summed E-state index contributed by atoms with van der Waals surface area (Å²) in [7, 11) is 0. The van der Waals surface area contributed by atoms with E-state index >= 15 is 0 Å². The molecule has 2 rings (SSSR count). The Balaban J connectivity index is 2.14. The highest BCUT2D eigenvalue weighted by molar-refractivity contribution is 7.98. The van der Waals surface area contributed by atoms with E-state index in [0.29, 0.717) is 0 Å². The third-order valence-corrected chi connectivity index (χ3v) is 2.98. The molecule has 0 saturated heterocycles. The first kappa shape index (κ1) is 10.3. The molecule has 0 bridgehead atoms. The zero-order valence-electron chi connectivity index (χ0n) is 8.64. The van der Waals surface area contributed by atoms with Crippen LogP contribution in [0.2, 0.25) is 0 Å². The molecule has 0 aliphatic rings. The molecule has 15 heavy (non-hydrogen) atoms. The van der Waals surface area contributed by atoms with Crippen molar-refractivity contribution >= 4 is 11.8 Å². The summed E-state index contributed by atoms with van der Waals surface area (Å²) in [5.41, 5.74) is 2.10. The lowest BCUT2D eigenvalue weighted by atomic mass is 10.2. The summed E-state index contributed by atoms with van der Waals surface area (Å²) in [6, 6.07) is 12.1. The van der Waals surface area contributed by atoms with Crippen molar-refractivity contribution in [3.8, 4) is 11.3 Å². The largest absolute Gasteiger partial charge is 0.356 e. The Morgan fingerprint density at radius 2 is 2.07 bits per heavy atom. The Morgan fingerprint density at radius 1 is 1.27 bits per heavy atom. The van der Waals surface area contributed by atoms with Crippen molar-refractivity contribution in [3.05, 3.63) is 42.1 Å². The minimum absolute atomic E-state index is 0.849. The minimum atomic E-state index is 0.849. The molecular formula is C12H13NOS. The first-order valence-electron chi connectivity index (χ1n) is 4.99. The average Bonchev–Trinajstić information content (AvgIpc) is 2.76. The van der Waals surface area contributed by atoms with E-state index in [4.69, 9.17) is 4.52 Å². The molecule has 0 aliphatic heterocycles. The van der Waals surface area contributed by atoms with Crippen LogP contribution < -0.4 is 0 Å². The summed E-state index contributed by atoms with van der Waals surface area (Å²) in [4.78, 5) is 0. The van der Waals surface area contributed by atoms with Crippen molar-refractivity contribution in [3.63, 3.8) is 0 Å². The van der Waals surface area contributed by atoms with E-state index in [2.05, 4.69) is 12.1 Å². The fourth-order valence-corrected chi connectivity index (χ4v) is 1.87. The molecule has 0 aliphatic carbocycles. The SMILES string of the molecule is CCSCc1cc(-c2ccccc2)on1. The lowest BCUT2D eigenvalue weighted by Gasteiger charge is -1.91. The number of hydrogen-bond acceptors (Lipinski definition) is 3. The van der Waals surface area contributed by atoms with Crippen LogP contribution in [0, 0.1) is 0 Å². The second-order valence-corrected chi connectivity index (χ2v) is 4.46. The summed E-state index contributed by atoms with van der Waals surface area (Å²) < 4.78 is 5.28. The summed E-state index contributed by atoms with van der Waals surface area (Å²) in [6.45, 7) is 2.14. The molecule has 2 nitrogen and oxygen atoms in total. The van der Waals surface area contributed by atoms with Crippen LogP contribution in [-0.2, 0) is 5.75 Å². The Labute approximate surface area is 93.7 Å². The van der Waals surface area contributed by atoms with E-state index in [9.17, 15) is 0 Å². The molecule has 1 heterocycles. The molecular weight excluding hydrogens is 206 g/mol. The van der Waals surface area contributed by atoms with Crippen LogP contribution in [0.3, 0.4) is 0 Å². The van der Waals surface area contributed by atoms with E-state index in [1.807, 2.05) is 48.2 Å². The van der Waals surface area contributed by atoms with Gasteiger partial charge in [-0.05, 0) is 5.75 Å². The van der Waals surface area contributed by atoms with Gasteiger partial charge in [0.25, 0.3) is 0 Å². The second-order valence-electron chi connectivity index (χ2n) is 3.19. The molecule has 0 radical (unpaired) electrons. The number of thioether (sulfide) groups is 1. The maximum atomic E-state index is 5.28. The van der Waals surface area contributed by atoms with Crippen molar-refractivity contribution in [1.29, 1.82) is 0 Å². The molecule has 78 valence electrons. The number of hydrogen-bond donors (Lipinski definition) is 0. The molecule has 2 aromatic rings. The maximum absolute atomic E-state index is 5.28. The molecule has 0 N–H and O–H groups in total. The molecule has 0 spiro atoms.